The van der Waals surface area contributed by atoms with Gasteiger partial charge in [-0.2, -0.15) is 0 Å². The molecule has 0 aliphatic rings. The molecular formula is C46H63N6O6Si. The molecule has 3 unspecified atom stereocenters. The fourth-order valence-electron chi connectivity index (χ4n) is 6.19. The van der Waals surface area contributed by atoms with Crippen LogP contribution in [0.5, 0.6) is 17.2 Å². The number of carbonyl (C=O) groups is 3. The average molecular weight is 824 g/mol. The van der Waals surface area contributed by atoms with Crippen LogP contribution in [0.3, 0.4) is 0 Å². The lowest BCUT2D eigenvalue weighted by Crippen LogP contribution is -2.21. The highest BCUT2D eigenvalue weighted by Gasteiger charge is 2.27. The lowest BCUT2D eigenvalue weighted by molar-refractivity contribution is 0.0983. The first kappa shape index (κ1) is 48.5. The van der Waals surface area contributed by atoms with Gasteiger partial charge in [-0.1, -0.05) is 136 Å². The number of hydrogen-bond donors (Lipinski definition) is 0. The zero-order valence-corrected chi connectivity index (χ0v) is 36.9. The van der Waals surface area contributed by atoms with Crippen LogP contribution in [-0.4, -0.2) is 53.2 Å². The van der Waals surface area contributed by atoms with Gasteiger partial charge in [-0.25, -0.2) is 0 Å². The number of amides is 3. The van der Waals surface area contributed by atoms with Crippen molar-refractivity contribution < 1.29 is 28.6 Å². The second-order valence-electron chi connectivity index (χ2n) is 14.8. The molecule has 0 saturated heterocycles. The van der Waals surface area contributed by atoms with Crippen LogP contribution >= 0.6 is 0 Å². The minimum absolute atomic E-state index is 0.169. The Morgan fingerprint density at radius 3 is 1.02 bits per heavy atom. The molecule has 0 aliphatic carbocycles. The van der Waals surface area contributed by atoms with Crippen LogP contribution < -0.4 is 14.2 Å². The first-order valence-corrected chi connectivity index (χ1v) is 21.9. The molecule has 3 rings (SSSR count). The smallest absolute Gasteiger partial charge is 0.298 e. The summed E-state index contributed by atoms with van der Waals surface area (Å²) in [5.41, 5.74) is -1.77. The highest BCUT2D eigenvalue weighted by atomic mass is 28.1. The summed E-state index contributed by atoms with van der Waals surface area (Å²) < 4.78 is 18.3. The first-order chi connectivity index (χ1) is 28.6. The Morgan fingerprint density at radius 2 is 0.763 bits per heavy atom. The van der Waals surface area contributed by atoms with Crippen LogP contribution in [0.1, 0.15) is 150 Å². The van der Waals surface area contributed by atoms with E-state index >= 15 is 0 Å². The van der Waals surface area contributed by atoms with Crippen LogP contribution in [0.15, 0.2) is 103 Å². The maximum atomic E-state index is 13.6. The predicted octanol–water partition coefficient (Wildman–Crippen LogP) is 12.4. The molecule has 3 amide bonds. The molecule has 3 atom stereocenters. The molecular weight excluding hydrogens is 761 g/mol. The lowest BCUT2D eigenvalue weighted by atomic mass is 10.0. The topological polar surface area (TPSA) is 153 Å². The summed E-state index contributed by atoms with van der Waals surface area (Å²) in [7, 11) is 3.33. The Hall–Kier alpha value is -4.91. The number of rotatable bonds is 27. The third-order valence-electron chi connectivity index (χ3n) is 10.2. The second-order valence-corrected chi connectivity index (χ2v) is 15.5. The van der Waals surface area contributed by atoms with Gasteiger partial charge in [0.05, 0.1) is 36.5 Å². The average Bonchev–Trinajstić information content (AvgIpc) is 3.27. The molecule has 3 aromatic carbocycles. The van der Waals surface area contributed by atoms with Crippen molar-refractivity contribution in [1.82, 2.24) is 0 Å². The first-order valence-electron chi connectivity index (χ1n) is 21.4. The molecule has 0 bridgehead atoms. The maximum absolute atomic E-state index is 13.6. The normalized spacial score (nSPS) is 14.3. The van der Waals surface area contributed by atoms with Crippen molar-refractivity contribution in [1.29, 1.82) is 0 Å². The fourth-order valence-corrected chi connectivity index (χ4v) is 6.34. The monoisotopic (exact) mass is 823 g/mol. The lowest BCUT2D eigenvalue weighted by Gasteiger charge is -2.17. The molecule has 317 valence electrons. The van der Waals surface area contributed by atoms with Gasteiger partial charge in [0.25, 0.3) is 23.1 Å². The quantitative estimate of drug-likeness (QED) is 0.0551. The Balaban J connectivity index is 1.95. The molecule has 3 radical (unpaired) electrons. The molecule has 0 spiro atoms. The van der Waals surface area contributed by atoms with Gasteiger partial charge in [0.2, 0.25) is 0 Å². The van der Waals surface area contributed by atoms with E-state index in [4.69, 9.17) is 14.2 Å². The van der Waals surface area contributed by atoms with Gasteiger partial charge >= 0.3 is 0 Å². The summed E-state index contributed by atoms with van der Waals surface area (Å²) >= 11 is 0. The van der Waals surface area contributed by atoms with E-state index in [0.717, 1.165) is 77.0 Å². The molecule has 12 nitrogen and oxygen atoms in total. The maximum Gasteiger partial charge on any atom is 0.298 e. The Kier molecular flexibility index (Phi) is 22.1. The van der Waals surface area contributed by atoms with E-state index in [9.17, 15) is 14.4 Å². The highest BCUT2D eigenvalue weighted by Crippen LogP contribution is 2.27. The van der Waals surface area contributed by atoms with Gasteiger partial charge in [0, 0.05) is 0 Å². The zero-order valence-electron chi connectivity index (χ0n) is 35.9. The summed E-state index contributed by atoms with van der Waals surface area (Å²) in [6.45, 7) is 14.1. The minimum Gasteiger partial charge on any atom is -0.492 e. The van der Waals surface area contributed by atoms with E-state index in [-0.39, 0.29) is 16.7 Å². The number of azo groups is 3. The van der Waals surface area contributed by atoms with Gasteiger partial charge in [0.15, 0.2) is 0 Å². The van der Waals surface area contributed by atoms with Gasteiger partial charge in [-0.15, -0.1) is 30.7 Å². The van der Waals surface area contributed by atoms with Crippen LogP contribution in [0.25, 0.3) is 0 Å². The SMILES string of the molecule is CCCCC(CC)COc1ccccc1C(=O)N=NC([Si])(N=NC(=O)c1ccccc1OCC(CC)CCCC)N=NC(=O)c1ccccc1OCC(CC)CCCC. The Bertz CT molecular complexity index is 1630. The fraction of sp³-hybridized carbons (Fsp3) is 0.543. The van der Waals surface area contributed by atoms with E-state index in [1.54, 1.807) is 72.8 Å². The molecule has 0 aliphatic heterocycles. The van der Waals surface area contributed by atoms with E-state index in [1.165, 1.54) is 0 Å². The van der Waals surface area contributed by atoms with Crippen molar-refractivity contribution in [3.05, 3.63) is 89.5 Å². The number of benzene rings is 3. The second kappa shape index (κ2) is 27.0. The van der Waals surface area contributed by atoms with Crippen LogP contribution in [0.4, 0.5) is 0 Å². The van der Waals surface area contributed by atoms with Gasteiger partial charge in [-0.3, -0.25) is 14.4 Å². The number of unbranched alkanes of at least 4 members (excludes halogenated alkanes) is 3. The van der Waals surface area contributed by atoms with Gasteiger partial charge < -0.3 is 14.2 Å². The molecule has 0 saturated carbocycles. The highest BCUT2D eigenvalue weighted by molar-refractivity contribution is 6.15. The van der Waals surface area contributed by atoms with Crippen molar-refractivity contribution in [2.75, 3.05) is 19.8 Å². The van der Waals surface area contributed by atoms with Crippen LogP contribution in [0.2, 0.25) is 0 Å². The van der Waals surface area contributed by atoms with Crippen molar-refractivity contribution in [3.8, 4) is 17.2 Å². The summed E-state index contributed by atoms with van der Waals surface area (Å²) in [5, 5.41) is 23.8. The zero-order chi connectivity index (χ0) is 42.9. The van der Waals surface area contributed by atoms with Crippen LogP contribution in [-0.2, 0) is 0 Å². The number of ether oxygens (including phenoxy) is 3. The summed E-state index contributed by atoms with van der Waals surface area (Å²) in [6, 6.07) is 20.2. The molecule has 0 heterocycles. The number of carbonyl (C=O) groups excluding carboxylic acids is 3. The molecule has 0 aromatic heterocycles. The van der Waals surface area contributed by atoms with E-state index in [0.29, 0.717) is 54.8 Å². The summed E-state index contributed by atoms with van der Waals surface area (Å²) in [4.78, 5) is 40.7. The number of hydrogen-bond acceptors (Lipinski definition) is 9. The van der Waals surface area contributed by atoms with Gasteiger partial charge in [0.1, 0.15) is 27.5 Å². The van der Waals surface area contributed by atoms with E-state index in [2.05, 4.69) is 82.5 Å². The van der Waals surface area contributed by atoms with Crippen molar-refractivity contribution in [2.45, 2.75) is 124 Å². The largest absolute Gasteiger partial charge is 0.492 e. The molecule has 3 aromatic rings. The third-order valence-corrected chi connectivity index (χ3v) is 10.5. The predicted molar refractivity (Wildman–Crippen MR) is 232 cm³/mol. The van der Waals surface area contributed by atoms with Crippen LogP contribution in [0, 0.1) is 17.8 Å². The standard InChI is InChI=1S/C46H63N6O6Si/c1-7-13-22-34(10-4)31-56-40-28-19-16-25-37(40)43(53)47-50-46(59,51-48-44(54)38-26-17-20-29-41(38)57-32-35(11-5)23-14-8-2)52-49-45(55)39-27-18-21-30-42(39)58-33-36(12-6)24-15-9-3/h16-21,25-30,34-36H,7-15,22-24,31-33H2,1-6H3. The molecule has 0 fully saturated rings. The Labute approximate surface area is 354 Å². The summed E-state index contributed by atoms with van der Waals surface area (Å²) in [6.07, 6.45) is 12.4. The number of nitrogens with zero attached hydrogens (tertiary/aromatic N) is 6. The molecule has 59 heavy (non-hydrogen) atoms. The molecule has 13 heteroatoms. The van der Waals surface area contributed by atoms with Crippen molar-refractivity contribution >= 4 is 28.0 Å². The van der Waals surface area contributed by atoms with E-state index in [1.807, 2.05) is 0 Å². The number of para-hydroxylation sites is 3. The Morgan fingerprint density at radius 1 is 0.492 bits per heavy atom. The van der Waals surface area contributed by atoms with Crippen molar-refractivity contribution in [3.63, 3.8) is 0 Å². The van der Waals surface area contributed by atoms with E-state index < -0.39 is 23.1 Å². The third kappa shape index (κ3) is 16.7. The van der Waals surface area contributed by atoms with Gasteiger partial charge in [-0.05, 0) is 73.4 Å². The summed E-state index contributed by atoms with van der Waals surface area (Å²) in [5.74, 6) is -0.208. The minimum atomic E-state index is -2.28. The van der Waals surface area contributed by atoms with Crippen molar-refractivity contribution in [2.24, 2.45) is 48.4 Å². The molecule has 0 N–H and O–H groups in total.